The Morgan fingerprint density at radius 1 is 1.09 bits per heavy atom. The van der Waals surface area contributed by atoms with E-state index in [4.69, 9.17) is 5.26 Å². The summed E-state index contributed by atoms with van der Waals surface area (Å²) in [6.07, 6.45) is 12.9. The lowest BCUT2D eigenvalue weighted by molar-refractivity contribution is 0.550. The normalized spacial score (nSPS) is 12.3. The minimum atomic E-state index is -0.163. The van der Waals surface area contributed by atoms with Crippen molar-refractivity contribution in [2.75, 3.05) is 0 Å². The summed E-state index contributed by atoms with van der Waals surface area (Å²) < 4.78 is 2.98. The van der Waals surface area contributed by atoms with Gasteiger partial charge < -0.3 is 4.57 Å². The van der Waals surface area contributed by atoms with Crippen molar-refractivity contribution in [3.8, 4) is 6.07 Å². The molecular formula is C18H30BrN3. The lowest BCUT2D eigenvalue weighted by Gasteiger charge is -2.11. The molecule has 0 saturated heterocycles. The SMILES string of the molecule is CCCCCCCCCCCc1nc(C)c(Br)n1C(C)C#N. The molecule has 1 rings (SSSR count). The molecule has 4 heteroatoms. The van der Waals surface area contributed by atoms with Gasteiger partial charge in [-0.1, -0.05) is 58.3 Å². The molecule has 0 spiro atoms. The highest BCUT2D eigenvalue weighted by molar-refractivity contribution is 9.10. The van der Waals surface area contributed by atoms with Crippen LogP contribution in [-0.2, 0) is 6.42 Å². The van der Waals surface area contributed by atoms with Crippen molar-refractivity contribution in [1.29, 1.82) is 5.26 Å². The highest BCUT2D eigenvalue weighted by Crippen LogP contribution is 2.24. The molecule has 0 aliphatic carbocycles. The van der Waals surface area contributed by atoms with E-state index in [0.717, 1.165) is 29.0 Å². The van der Waals surface area contributed by atoms with Gasteiger partial charge in [-0.05, 0) is 36.2 Å². The monoisotopic (exact) mass is 367 g/mol. The summed E-state index contributed by atoms with van der Waals surface area (Å²) in [5, 5.41) is 9.16. The maximum Gasteiger partial charge on any atom is 0.120 e. The molecule has 0 N–H and O–H groups in total. The average Bonchev–Trinajstić information content (AvgIpc) is 2.79. The van der Waals surface area contributed by atoms with Crippen LogP contribution in [0.15, 0.2) is 4.60 Å². The third-order valence-corrected chi connectivity index (χ3v) is 5.12. The van der Waals surface area contributed by atoms with Crippen molar-refractivity contribution < 1.29 is 0 Å². The lowest BCUT2D eigenvalue weighted by atomic mass is 10.1. The first-order valence-electron chi connectivity index (χ1n) is 8.74. The van der Waals surface area contributed by atoms with Gasteiger partial charge in [-0.2, -0.15) is 5.26 Å². The van der Waals surface area contributed by atoms with Crippen LogP contribution in [0.5, 0.6) is 0 Å². The van der Waals surface area contributed by atoms with E-state index < -0.39 is 0 Å². The Bertz CT molecular complexity index is 473. The molecule has 1 unspecified atom stereocenters. The molecule has 3 nitrogen and oxygen atoms in total. The van der Waals surface area contributed by atoms with Crippen LogP contribution in [0.3, 0.4) is 0 Å². The van der Waals surface area contributed by atoms with E-state index in [0.29, 0.717) is 0 Å². The van der Waals surface area contributed by atoms with E-state index >= 15 is 0 Å². The number of rotatable bonds is 11. The number of hydrogen-bond acceptors (Lipinski definition) is 2. The number of aromatic nitrogens is 2. The Hall–Kier alpha value is -0.820. The van der Waals surface area contributed by atoms with Gasteiger partial charge in [0.05, 0.1) is 11.8 Å². The first-order chi connectivity index (χ1) is 10.6. The van der Waals surface area contributed by atoms with Crippen molar-refractivity contribution in [2.45, 2.75) is 91.0 Å². The second kappa shape index (κ2) is 10.8. The number of nitrogens with zero attached hydrogens (tertiary/aromatic N) is 3. The first kappa shape index (κ1) is 19.2. The van der Waals surface area contributed by atoms with Gasteiger partial charge in [0.2, 0.25) is 0 Å². The molecule has 1 aromatic heterocycles. The number of nitriles is 1. The minimum absolute atomic E-state index is 0.163. The second-order valence-electron chi connectivity index (χ2n) is 6.16. The van der Waals surface area contributed by atoms with Crippen LogP contribution in [-0.4, -0.2) is 9.55 Å². The van der Waals surface area contributed by atoms with E-state index in [1.807, 2.05) is 18.4 Å². The van der Waals surface area contributed by atoms with Crippen LogP contribution < -0.4 is 0 Å². The predicted molar refractivity (Wildman–Crippen MR) is 95.9 cm³/mol. The van der Waals surface area contributed by atoms with Crippen LogP contribution in [0, 0.1) is 18.3 Å². The summed E-state index contributed by atoms with van der Waals surface area (Å²) in [6, 6.07) is 2.14. The van der Waals surface area contributed by atoms with E-state index in [9.17, 15) is 0 Å². The topological polar surface area (TPSA) is 41.6 Å². The molecule has 0 fully saturated rings. The molecule has 1 atom stereocenters. The Kier molecular flexibility index (Phi) is 9.47. The summed E-state index contributed by atoms with van der Waals surface area (Å²) in [7, 11) is 0. The average molecular weight is 368 g/mol. The molecule has 1 aromatic rings. The number of imidazole rings is 1. The van der Waals surface area contributed by atoms with Crippen molar-refractivity contribution in [2.24, 2.45) is 0 Å². The Labute approximate surface area is 144 Å². The van der Waals surface area contributed by atoms with Gasteiger partial charge in [0.1, 0.15) is 16.5 Å². The van der Waals surface area contributed by atoms with Crippen molar-refractivity contribution in [3.05, 3.63) is 16.1 Å². The minimum Gasteiger partial charge on any atom is -0.306 e. The third kappa shape index (κ3) is 6.12. The molecule has 0 bridgehead atoms. The summed E-state index contributed by atoms with van der Waals surface area (Å²) in [6.45, 7) is 6.17. The van der Waals surface area contributed by atoms with E-state index in [1.54, 1.807) is 0 Å². The molecule has 0 aromatic carbocycles. The number of aryl methyl sites for hydroxylation is 2. The van der Waals surface area contributed by atoms with Crippen LogP contribution in [0.25, 0.3) is 0 Å². The fourth-order valence-corrected chi connectivity index (χ4v) is 3.40. The summed E-state index contributed by atoms with van der Waals surface area (Å²) >= 11 is 3.56. The lowest BCUT2D eigenvalue weighted by Crippen LogP contribution is -2.08. The Balaban J connectivity index is 2.28. The van der Waals surface area contributed by atoms with Crippen LogP contribution in [0.1, 0.15) is 89.2 Å². The largest absolute Gasteiger partial charge is 0.306 e. The summed E-state index contributed by atoms with van der Waals surface area (Å²) in [5.74, 6) is 1.04. The summed E-state index contributed by atoms with van der Waals surface area (Å²) in [4.78, 5) is 4.61. The van der Waals surface area contributed by atoms with Crippen molar-refractivity contribution >= 4 is 15.9 Å². The highest BCUT2D eigenvalue weighted by Gasteiger charge is 2.16. The number of unbranched alkanes of at least 4 members (excludes halogenated alkanes) is 8. The molecule has 0 amide bonds. The molecule has 0 aliphatic rings. The molecule has 1 heterocycles. The summed E-state index contributed by atoms with van der Waals surface area (Å²) in [5.41, 5.74) is 0.980. The van der Waals surface area contributed by atoms with E-state index in [2.05, 4.69) is 33.9 Å². The van der Waals surface area contributed by atoms with Gasteiger partial charge in [0, 0.05) is 6.42 Å². The first-order valence-corrected chi connectivity index (χ1v) is 9.53. The number of halogens is 1. The van der Waals surface area contributed by atoms with Crippen LogP contribution in [0.2, 0.25) is 0 Å². The Morgan fingerprint density at radius 3 is 2.18 bits per heavy atom. The maximum atomic E-state index is 9.16. The predicted octanol–water partition coefficient (Wildman–Crippen LogP) is 6.11. The fraction of sp³-hybridized carbons (Fsp3) is 0.778. The van der Waals surface area contributed by atoms with Gasteiger partial charge in [-0.3, -0.25) is 0 Å². The quantitative estimate of drug-likeness (QED) is 0.442. The van der Waals surface area contributed by atoms with Crippen LogP contribution >= 0.6 is 15.9 Å². The molecule has 0 radical (unpaired) electrons. The van der Waals surface area contributed by atoms with Gasteiger partial charge >= 0.3 is 0 Å². The highest BCUT2D eigenvalue weighted by atomic mass is 79.9. The van der Waals surface area contributed by atoms with Crippen molar-refractivity contribution in [3.63, 3.8) is 0 Å². The van der Waals surface area contributed by atoms with Gasteiger partial charge in [0.15, 0.2) is 0 Å². The zero-order valence-corrected chi connectivity index (χ0v) is 16.0. The second-order valence-corrected chi connectivity index (χ2v) is 6.91. The standard InChI is InChI=1S/C18H30BrN3/c1-4-5-6-7-8-9-10-11-12-13-17-21-16(3)18(19)22(17)15(2)14-20/h15H,4-13H2,1-3H3. The molecule has 124 valence electrons. The third-order valence-electron chi connectivity index (χ3n) is 4.16. The zero-order valence-electron chi connectivity index (χ0n) is 14.4. The molecule has 0 saturated carbocycles. The molecule has 22 heavy (non-hydrogen) atoms. The molecule has 0 aliphatic heterocycles. The van der Waals surface area contributed by atoms with E-state index in [-0.39, 0.29) is 6.04 Å². The van der Waals surface area contributed by atoms with Gasteiger partial charge in [0.25, 0.3) is 0 Å². The van der Waals surface area contributed by atoms with E-state index in [1.165, 1.54) is 51.4 Å². The molecular weight excluding hydrogens is 338 g/mol. The smallest absolute Gasteiger partial charge is 0.120 e. The zero-order chi connectivity index (χ0) is 16.4. The van der Waals surface area contributed by atoms with Crippen LogP contribution in [0.4, 0.5) is 0 Å². The van der Waals surface area contributed by atoms with Crippen molar-refractivity contribution in [1.82, 2.24) is 9.55 Å². The van der Waals surface area contributed by atoms with Gasteiger partial charge in [-0.25, -0.2) is 4.98 Å². The number of hydrogen-bond donors (Lipinski definition) is 0. The van der Waals surface area contributed by atoms with Gasteiger partial charge in [-0.15, -0.1) is 0 Å². The maximum absolute atomic E-state index is 9.16. The fourth-order valence-electron chi connectivity index (χ4n) is 2.80. The Morgan fingerprint density at radius 2 is 1.64 bits per heavy atom.